The molecule has 118 valence electrons. The van der Waals surface area contributed by atoms with E-state index < -0.39 is 6.10 Å². The number of hydrogen-bond acceptors (Lipinski definition) is 3. The zero-order valence-electron chi connectivity index (χ0n) is 12.9. The van der Waals surface area contributed by atoms with Gasteiger partial charge in [-0.2, -0.15) is 0 Å². The Morgan fingerprint density at radius 1 is 1.38 bits per heavy atom. The summed E-state index contributed by atoms with van der Waals surface area (Å²) in [6.07, 6.45) is 4.78. The van der Waals surface area contributed by atoms with Crippen molar-refractivity contribution in [1.29, 1.82) is 0 Å². The molecule has 21 heavy (non-hydrogen) atoms. The summed E-state index contributed by atoms with van der Waals surface area (Å²) < 4.78 is 6.95. The van der Waals surface area contributed by atoms with E-state index in [0.29, 0.717) is 25.2 Å². The van der Waals surface area contributed by atoms with Crippen molar-refractivity contribution in [1.82, 2.24) is 0 Å². The molecule has 4 heteroatoms. The molecule has 3 unspecified atom stereocenters. The quantitative estimate of drug-likeness (QED) is 0.806. The van der Waals surface area contributed by atoms with Gasteiger partial charge >= 0.3 is 0 Å². The first-order valence-electron chi connectivity index (χ1n) is 7.86. The van der Waals surface area contributed by atoms with Crippen LogP contribution in [0, 0.1) is 12.8 Å². The molecule has 0 saturated heterocycles. The maximum atomic E-state index is 10.1. The van der Waals surface area contributed by atoms with E-state index >= 15 is 0 Å². The number of aliphatic hydroxyl groups excluding tert-OH is 1. The summed E-state index contributed by atoms with van der Waals surface area (Å²) in [5.41, 5.74) is 2.20. The fraction of sp³-hybridized carbons (Fsp3) is 0.647. The second kappa shape index (κ2) is 8.16. The predicted molar refractivity (Wildman–Crippen MR) is 90.7 cm³/mol. The molecular formula is C17H26BrNO2. The maximum absolute atomic E-state index is 10.1. The van der Waals surface area contributed by atoms with Crippen LogP contribution in [0.3, 0.4) is 0 Å². The van der Waals surface area contributed by atoms with Gasteiger partial charge in [0.2, 0.25) is 0 Å². The highest BCUT2D eigenvalue weighted by Crippen LogP contribution is 2.27. The number of nitrogens with one attached hydrogen (secondary N) is 1. The van der Waals surface area contributed by atoms with Crippen molar-refractivity contribution in [2.45, 2.75) is 51.7 Å². The van der Waals surface area contributed by atoms with Gasteiger partial charge in [-0.05, 0) is 53.2 Å². The van der Waals surface area contributed by atoms with Crippen LogP contribution < -0.4 is 5.32 Å². The molecule has 0 spiro atoms. The zero-order chi connectivity index (χ0) is 15.2. The average molecular weight is 356 g/mol. The molecular weight excluding hydrogens is 330 g/mol. The Bertz CT molecular complexity index is 452. The zero-order valence-corrected chi connectivity index (χ0v) is 14.5. The Morgan fingerprint density at radius 2 is 2.14 bits per heavy atom. The lowest BCUT2D eigenvalue weighted by atomic mass is 9.88. The second-order valence-corrected chi connectivity index (χ2v) is 6.90. The minimum Gasteiger partial charge on any atom is -0.389 e. The molecule has 1 aliphatic rings. The van der Waals surface area contributed by atoms with Gasteiger partial charge in [0.15, 0.2) is 0 Å². The number of rotatable bonds is 6. The maximum Gasteiger partial charge on any atom is 0.0945 e. The average Bonchev–Trinajstić information content (AvgIpc) is 2.48. The highest BCUT2D eigenvalue weighted by molar-refractivity contribution is 9.10. The van der Waals surface area contributed by atoms with E-state index in [9.17, 15) is 5.11 Å². The van der Waals surface area contributed by atoms with Crippen molar-refractivity contribution in [2.75, 3.05) is 18.5 Å². The Balaban J connectivity index is 1.74. The molecule has 2 rings (SSSR count). The van der Waals surface area contributed by atoms with E-state index in [2.05, 4.69) is 41.2 Å². The van der Waals surface area contributed by atoms with Crippen molar-refractivity contribution in [3.63, 3.8) is 0 Å². The molecule has 0 amide bonds. The van der Waals surface area contributed by atoms with Crippen LogP contribution >= 0.6 is 15.9 Å². The molecule has 1 aromatic rings. The predicted octanol–water partition coefficient (Wildman–Crippen LogP) is 4.13. The second-order valence-electron chi connectivity index (χ2n) is 6.10. The number of halogens is 1. The van der Waals surface area contributed by atoms with Gasteiger partial charge in [0.1, 0.15) is 0 Å². The van der Waals surface area contributed by atoms with Gasteiger partial charge in [-0.25, -0.2) is 0 Å². The fourth-order valence-electron chi connectivity index (χ4n) is 2.84. The summed E-state index contributed by atoms with van der Waals surface area (Å²) in [5, 5.41) is 13.4. The monoisotopic (exact) mass is 355 g/mol. The van der Waals surface area contributed by atoms with E-state index in [4.69, 9.17) is 4.74 Å². The minimum atomic E-state index is -0.480. The minimum absolute atomic E-state index is 0.319. The van der Waals surface area contributed by atoms with Crippen LogP contribution in [0.15, 0.2) is 22.7 Å². The number of ether oxygens (including phenoxy) is 1. The SMILES string of the molecule is Cc1cccc(NCC(O)COC2CCCCC2C)c1Br. The number of aryl methyl sites for hydroxylation is 1. The van der Waals surface area contributed by atoms with Crippen molar-refractivity contribution in [2.24, 2.45) is 5.92 Å². The summed E-state index contributed by atoms with van der Waals surface area (Å²) in [4.78, 5) is 0. The molecule has 0 radical (unpaired) electrons. The molecule has 1 saturated carbocycles. The van der Waals surface area contributed by atoms with Crippen molar-refractivity contribution in [3.8, 4) is 0 Å². The van der Waals surface area contributed by atoms with Gasteiger partial charge in [-0.3, -0.25) is 0 Å². The molecule has 3 nitrogen and oxygen atoms in total. The van der Waals surface area contributed by atoms with Crippen LogP contribution in [0.1, 0.15) is 38.2 Å². The van der Waals surface area contributed by atoms with Gasteiger partial charge in [0, 0.05) is 16.7 Å². The third-order valence-electron chi connectivity index (χ3n) is 4.26. The van der Waals surface area contributed by atoms with Crippen LogP contribution in [0.4, 0.5) is 5.69 Å². The first kappa shape index (κ1) is 16.8. The third kappa shape index (κ3) is 4.97. The Morgan fingerprint density at radius 3 is 2.90 bits per heavy atom. The highest BCUT2D eigenvalue weighted by Gasteiger charge is 2.22. The molecule has 1 fully saturated rings. The van der Waals surface area contributed by atoms with E-state index in [1.807, 2.05) is 12.1 Å². The summed E-state index contributed by atoms with van der Waals surface area (Å²) in [5.74, 6) is 0.616. The van der Waals surface area contributed by atoms with Gasteiger partial charge in [0.25, 0.3) is 0 Å². The van der Waals surface area contributed by atoms with Crippen molar-refractivity contribution in [3.05, 3.63) is 28.2 Å². The molecule has 0 bridgehead atoms. The molecule has 2 N–H and O–H groups in total. The first-order chi connectivity index (χ1) is 10.1. The lowest BCUT2D eigenvalue weighted by molar-refractivity contribution is -0.0424. The van der Waals surface area contributed by atoms with E-state index in [1.54, 1.807) is 0 Å². The molecule has 0 aromatic heterocycles. The van der Waals surface area contributed by atoms with E-state index in [1.165, 1.54) is 24.8 Å². The number of aliphatic hydroxyl groups is 1. The topological polar surface area (TPSA) is 41.5 Å². The van der Waals surface area contributed by atoms with Gasteiger partial charge < -0.3 is 15.2 Å². The van der Waals surface area contributed by atoms with E-state index in [-0.39, 0.29) is 0 Å². The largest absolute Gasteiger partial charge is 0.389 e. The van der Waals surface area contributed by atoms with Crippen LogP contribution in [-0.4, -0.2) is 30.5 Å². The third-order valence-corrected chi connectivity index (χ3v) is 5.31. The summed E-state index contributed by atoms with van der Waals surface area (Å²) >= 11 is 3.56. The highest BCUT2D eigenvalue weighted by atomic mass is 79.9. The number of benzene rings is 1. The lowest BCUT2D eigenvalue weighted by Crippen LogP contribution is -2.32. The van der Waals surface area contributed by atoms with Gasteiger partial charge in [-0.15, -0.1) is 0 Å². The smallest absolute Gasteiger partial charge is 0.0945 e. The van der Waals surface area contributed by atoms with E-state index in [0.717, 1.165) is 16.6 Å². The summed E-state index contributed by atoms with van der Waals surface area (Å²) in [7, 11) is 0. The Hall–Kier alpha value is -0.580. The molecule has 0 heterocycles. The van der Waals surface area contributed by atoms with Crippen LogP contribution in [-0.2, 0) is 4.74 Å². The lowest BCUT2D eigenvalue weighted by Gasteiger charge is -2.29. The fourth-order valence-corrected chi connectivity index (χ4v) is 3.24. The van der Waals surface area contributed by atoms with Crippen LogP contribution in [0.25, 0.3) is 0 Å². The molecule has 1 aliphatic carbocycles. The molecule has 0 aliphatic heterocycles. The molecule has 3 atom stereocenters. The number of hydrogen-bond donors (Lipinski definition) is 2. The van der Waals surface area contributed by atoms with Gasteiger partial charge in [0.05, 0.1) is 18.8 Å². The standard InChI is InChI=1S/C17H26BrNO2/c1-12-6-3-4-9-16(12)21-11-14(20)10-19-15-8-5-7-13(2)17(15)18/h5,7-8,12,14,16,19-20H,3-4,6,9-11H2,1-2H3. The van der Waals surface area contributed by atoms with Crippen LogP contribution in [0.2, 0.25) is 0 Å². The summed E-state index contributed by atoms with van der Waals surface area (Å²) in [6.45, 7) is 5.21. The van der Waals surface area contributed by atoms with Crippen molar-refractivity contribution >= 4 is 21.6 Å². The van der Waals surface area contributed by atoms with Gasteiger partial charge in [-0.1, -0.05) is 31.9 Å². The number of anilines is 1. The Kier molecular flexibility index (Phi) is 6.52. The first-order valence-corrected chi connectivity index (χ1v) is 8.66. The van der Waals surface area contributed by atoms with Crippen LogP contribution in [0.5, 0.6) is 0 Å². The Labute approximate surface area is 136 Å². The molecule has 1 aromatic carbocycles. The van der Waals surface area contributed by atoms with Crippen molar-refractivity contribution < 1.29 is 9.84 Å². The normalized spacial score (nSPS) is 23.8. The summed E-state index contributed by atoms with van der Waals surface area (Å²) in [6, 6.07) is 6.07.